The number of aldehydes is 1. The van der Waals surface area contributed by atoms with Gasteiger partial charge in [0.05, 0.1) is 0 Å². The molecule has 0 aromatic heterocycles. The number of nitrogens with one attached hydrogen (secondary N) is 1. The van der Waals surface area contributed by atoms with Gasteiger partial charge in [0.15, 0.2) is 0 Å². The SMILES string of the molecule is CNCc1ccc(C=O)cc1F. The van der Waals surface area contributed by atoms with Crippen LogP contribution >= 0.6 is 0 Å². The Kier molecular flexibility index (Phi) is 2.94. The molecule has 0 aliphatic heterocycles. The van der Waals surface area contributed by atoms with Crippen molar-refractivity contribution in [2.24, 2.45) is 0 Å². The molecule has 1 rings (SSSR count). The Hall–Kier alpha value is -1.22. The normalized spacial score (nSPS) is 9.83. The van der Waals surface area contributed by atoms with Crippen LogP contribution < -0.4 is 5.32 Å². The molecule has 1 aromatic carbocycles. The summed E-state index contributed by atoms with van der Waals surface area (Å²) in [4.78, 5) is 10.2. The minimum absolute atomic E-state index is 0.339. The molecule has 0 aliphatic rings. The molecule has 0 heterocycles. The molecule has 0 amide bonds. The van der Waals surface area contributed by atoms with E-state index in [-0.39, 0.29) is 5.82 Å². The zero-order valence-electron chi connectivity index (χ0n) is 6.80. The highest BCUT2D eigenvalue weighted by Gasteiger charge is 2.01. The van der Waals surface area contributed by atoms with Gasteiger partial charge >= 0.3 is 0 Å². The van der Waals surface area contributed by atoms with Crippen LogP contribution in [0.25, 0.3) is 0 Å². The fourth-order valence-electron chi connectivity index (χ4n) is 0.971. The standard InChI is InChI=1S/C9H10FNO/c1-11-5-8-3-2-7(6-12)4-9(8)10/h2-4,6,11H,5H2,1H3. The van der Waals surface area contributed by atoms with E-state index in [1.54, 1.807) is 19.2 Å². The molecule has 0 atom stereocenters. The van der Waals surface area contributed by atoms with E-state index in [9.17, 15) is 9.18 Å². The lowest BCUT2D eigenvalue weighted by Crippen LogP contribution is -2.07. The molecule has 0 spiro atoms. The van der Waals surface area contributed by atoms with Gasteiger partial charge in [-0.1, -0.05) is 12.1 Å². The van der Waals surface area contributed by atoms with Gasteiger partial charge in [-0.25, -0.2) is 4.39 Å². The van der Waals surface area contributed by atoms with Crippen LogP contribution in [-0.2, 0) is 6.54 Å². The average molecular weight is 167 g/mol. The maximum atomic E-state index is 13.0. The summed E-state index contributed by atoms with van der Waals surface area (Å²) in [6.45, 7) is 0.477. The molecule has 3 heteroatoms. The summed E-state index contributed by atoms with van der Waals surface area (Å²) in [6, 6.07) is 4.44. The van der Waals surface area contributed by atoms with Gasteiger partial charge in [0.25, 0.3) is 0 Å². The van der Waals surface area contributed by atoms with Crippen LogP contribution in [-0.4, -0.2) is 13.3 Å². The monoisotopic (exact) mass is 167 g/mol. The van der Waals surface area contributed by atoms with Crippen LogP contribution in [0.4, 0.5) is 4.39 Å². The summed E-state index contributed by atoms with van der Waals surface area (Å²) in [6.07, 6.45) is 0.631. The van der Waals surface area contributed by atoms with Gasteiger partial charge in [-0.15, -0.1) is 0 Å². The quantitative estimate of drug-likeness (QED) is 0.688. The molecule has 0 saturated heterocycles. The van der Waals surface area contributed by atoms with Gasteiger partial charge in [-0.2, -0.15) is 0 Å². The van der Waals surface area contributed by atoms with Gasteiger partial charge in [0.1, 0.15) is 12.1 Å². The van der Waals surface area contributed by atoms with Crippen molar-refractivity contribution in [3.05, 3.63) is 35.1 Å². The minimum Gasteiger partial charge on any atom is -0.316 e. The predicted octanol–water partition coefficient (Wildman–Crippen LogP) is 1.36. The van der Waals surface area contributed by atoms with Crippen LogP contribution in [0.15, 0.2) is 18.2 Å². The Bertz CT molecular complexity index is 286. The van der Waals surface area contributed by atoms with Gasteiger partial charge in [-0.3, -0.25) is 4.79 Å². The molecule has 2 nitrogen and oxygen atoms in total. The molecule has 0 aliphatic carbocycles. The number of hydrogen-bond donors (Lipinski definition) is 1. The number of rotatable bonds is 3. The Morgan fingerprint density at radius 2 is 2.33 bits per heavy atom. The molecule has 0 saturated carbocycles. The first-order valence-electron chi connectivity index (χ1n) is 3.66. The molecule has 64 valence electrons. The summed E-state index contributed by atoms with van der Waals surface area (Å²) in [5, 5.41) is 2.83. The van der Waals surface area contributed by atoms with Crippen molar-refractivity contribution in [3.63, 3.8) is 0 Å². The fraction of sp³-hybridized carbons (Fsp3) is 0.222. The van der Waals surface area contributed by atoms with Crippen molar-refractivity contribution in [1.29, 1.82) is 0 Å². The van der Waals surface area contributed by atoms with Crippen LogP contribution in [0, 0.1) is 5.82 Å². The second-order valence-corrected chi connectivity index (χ2v) is 2.50. The van der Waals surface area contributed by atoms with Crippen molar-refractivity contribution in [1.82, 2.24) is 5.32 Å². The summed E-state index contributed by atoms with van der Waals surface area (Å²) >= 11 is 0. The molecule has 0 radical (unpaired) electrons. The topological polar surface area (TPSA) is 29.1 Å². The Morgan fingerprint density at radius 1 is 1.58 bits per heavy atom. The average Bonchev–Trinajstić information content (AvgIpc) is 2.09. The third-order valence-electron chi connectivity index (χ3n) is 1.58. The first-order valence-corrected chi connectivity index (χ1v) is 3.66. The van der Waals surface area contributed by atoms with Gasteiger partial charge < -0.3 is 5.32 Å². The predicted molar refractivity (Wildman–Crippen MR) is 44.6 cm³/mol. The van der Waals surface area contributed by atoms with Crippen molar-refractivity contribution in [3.8, 4) is 0 Å². The Morgan fingerprint density at radius 3 is 2.83 bits per heavy atom. The van der Waals surface area contributed by atoms with Crippen LogP contribution in [0.3, 0.4) is 0 Å². The van der Waals surface area contributed by atoms with Crippen LogP contribution in [0.5, 0.6) is 0 Å². The molecule has 0 unspecified atom stereocenters. The third kappa shape index (κ3) is 1.89. The van der Waals surface area contributed by atoms with Crippen molar-refractivity contribution in [2.75, 3.05) is 7.05 Å². The zero-order chi connectivity index (χ0) is 8.97. The van der Waals surface area contributed by atoms with Crippen LogP contribution in [0.2, 0.25) is 0 Å². The van der Waals surface area contributed by atoms with Crippen molar-refractivity contribution >= 4 is 6.29 Å². The first kappa shape index (κ1) is 8.87. The molecular formula is C9H10FNO. The third-order valence-corrected chi connectivity index (χ3v) is 1.58. The molecule has 1 aromatic rings. The molecule has 12 heavy (non-hydrogen) atoms. The zero-order valence-corrected chi connectivity index (χ0v) is 6.80. The van der Waals surface area contributed by atoms with E-state index < -0.39 is 0 Å². The number of benzene rings is 1. The van der Waals surface area contributed by atoms with Crippen LogP contribution in [0.1, 0.15) is 15.9 Å². The maximum absolute atomic E-state index is 13.0. The van der Waals surface area contributed by atoms with Gasteiger partial charge in [-0.05, 0) is 13.1 Å². The van der Waals surface area contributed by atoms with Crippen molar-refractivity contribution in [2.45, 2.75) is 6.54 Å². The second kappa shape index (κ2) is 3.97. The number of carbonyl (C=O) groups excluding carboxylic acids is 1. The lowest BCUT2D eigenvalue weighted by atomic mass is 10.1. The van der Waals surface area contributed by atoms with E-state index in [0.717, 1.165) is 0 Å². The summed E-state index contributed by atoms with van der Waals surface area (Å²) in [5.74, 6) is -0.339. The molecule has 1 N–H and O–H groups in total. The number of halogens is 1. The number of carbonyl (C=O) groups is 1. The summed E-state index contributed by atoms with van der Waals surface area (Å²) in [7, 11) is 1.74. The van der Waals surface area contributed by atoms with Gasteiger partial charge in [0.2, 0.25) is 0 Å². The second-order valence-electron chi connectivity index (χ2n) is 2.50. The first-order chi connectivity index (χ1) is 5.77. The lowest BCUT2D eigenvalue weighted by molar-refractivity contribution is 0.112. The smallest absolute Gasteiger partial charge is 0.150 e. The van der Waals surface area contributed by atoms with E-state index in [4.69, 9.17) is 0 Å². The molecule has 0 bridgehead atoms. The highest BCUT2D eigenvalue weighted by atomic mass is 19.1. The van der Waals surface area contributed by atoms with E-state index in [1.165, 1.54) is 6.07 Å². The van der Waals surface area contributed by atoms with E-state index in [0.29, 0.717) is 24.0 Å². The molecule has 0 fully saturated rings. The van der Waals surface area contributed by atoms with E-state index in [2.05, 4.69) is 5.32 Å². The largest absolute Gasteiger partial charge is 0.316 e. The minimum atomic E-state index is -0.339. The summed E-state index contributed by atoms with van der Waals surface area (Å²) < 4.78 is 13.0. The van der Waals surface area contributed by atoms with E-state index >= 15 is 0 Å². The Labute approximate surface area is 70.4 Å². The molecular weight excluding hydrogens is 157 g/mol. The summed E-state index contributed by atoms with van der Waals surface area (Å²) in [5.41, 5.74) is 0.940. The van der Waals surface area contributed by atoms with E-state index in [1.807, 2.05) is 0 Å². The lowest BCUT2D eigenvalue weighted by Gasteiger charge is -2.01. The fourth-order valence-corrected chi connectivity index (χ4v) is 0.971. The Balaban J connectivity index is 2.94. The maximum Gasteiger partial charge on any atom is 0.150 e. The number of hydrogen-bond acceptors (Lipinski definition) is 2. The van der Waals surface area contributed by atoms with Gasteiger partial charge in [0, 0.05) is 17.7 Å². The highest BCUT2D eigenvalue weighted by Crippen LogP contribution is 2.08. The van der Waals surface area contributed by atoms with Crippen molar-refractivity contribution < 1.29 is 9.18 Å². The highest BCUT2D eigenvalue weighted by molar-refractivity contribution is 5.74.